The monoisotopic (exact) mass is 392 g/mol. The van der Waals surface area contributed by atoms with E-state index in [-0.39, 0.29) is 5.78 Å². The second kappa shape index (κ2) is 5.22. The summed E-state index contributed by atoms with van der Waals surface area (Å²) in [5, 5.41) is 0. The van der Waals surface area contributed by atoms with Gasteiger partial charge in [0.05, 0.1) is 4.88 Å². The standard InChI is InChI=1S/C12H7Br2ClOS/c1-6-3-2-4-7(10(6)14)11(16)9-5-8(13)12(15)17-9/h2-5H,1H3. The molecule has 0 saturated heterocycles. The zero-order chi connectivity index (χ0) is 12.6. The molecule has 0 spiro atoms. The van der Waals surface area contributed by atoms with Crippen molar-refractivity contribution in [3.05, 3.63) is 53.6 Å². The van der Waals surface area contributed by atoms with Crippen LogP contribution in [0.15, 0.2) is 33.2 Å². The van der Waals surface area contributed by atoms with E-state index in [1.54, 1.807) is 12.1 Å². The highest BCUT2D eigenvalue weighted by Gasteiger charge is 2.17. The first-order valence-electron chi connectivity index (χ1n) is 4.75. The number of thiophene rings is 1. The summed E-state index contributed by atoms with van der Waals surface area (Å²) in [6, 6.07) is 7.39. The molecule has 17 heavy (non-hydrogen) atoms. The third-order valence-corrected chi connectivity index (χ3v) is 5.83. The van der Waals surface area contributed by atoms with E-state index in [1.807, 2.05) is 19.1 Å². The molecular formula is C12H7Br2ClOS. The minimum Gasteiger partial charge on any atom is -0.288 e. The van der Waals surface area contributed by atoms with Gasteiger partial charge in [0.25, 0.3) is 0 Å². The molecule has 1 nitrogen and oxygen atoms in total. The van der Waals surface area contributed by atoms with Gasteiger partial charge in [-0.2, -0.15) is 0 Å². The molecule has 0 saturated carbocycles. The maximum absolute atomic E-state index is 12.3. The van der Waals surface area contributed by atoms with Crippen molar-refractivity contribution in [1.29, 1.82) is 0 Å². The number of halogens is 3. The molecule has 5 heteroatoms. The summed E-state index contributed by atoms with van der Waals surface area (Å²) >= 11 is 14.0. The normalized spacial score (nSPS) is 10.6. The first kappa shape index (κ1) is 13.3. The van der Waals surface area contributed by atoms with Gasteiger partial charge in [-0.1, -0.05) is 23.7 Å². The molecule has 0 atom stereocenters. The number of carbonyl (C=O) groups is 1. The largest absolute Gasteiger partial charge is 0.288 e. The number of ketones is 1. The van der Waals surface area contributed by atoms with E-state index in [1.165, 1.54) is 11.3 Å². The van der Waals surface area contributed by atoms with E-state index in [0.717, 1.165) is 14.5 Å². The van der Waals surface area contributed by atoms with Crippen LogP contribution in [0.25, 0.3) is 0 Å². The van der Waals surface area contributed by atoms with E-state index in [0.29, 0.717) is 14.8 Å². The molecule has 0 aliphatic rings. The topological polar surface area (TPSA) is 17.1 Å². The molecule has 0 aliphatic heterocycles. The van der Waals surface area contributed by atoms with E-state index in [9.17, 15) is 4.79 Å². The van der Waals surface area contributed by atoms with Crippen molar-refractivity contribution in [2.24, 2.45) is 0 Å². The Morgan fingerprint density at radius 1 is 1.35 bits per heavy atom. The van der Waals surface area contributed by atoms with Crippen LogP contribution < -0.4 is 0 Å². The van der Waals surface area contributed by atoms with Gasteiger partial charge < -0.3 is 0 Å². The summed E-state index contributed by atoms with van der Waals surface area (Å²) in [6.07, 6.45) is 0. The Morgan fingerprint density at radius 2 is 2.06 bits per heavy atom. The van der Waals surface area contributed by atoms with Gasteiger partial charge in [-0.05, 0) is 56.5 Å². The average molecular weight is 395 g/mol. The van der Waals surface area contributed by atoms with Crippen molar-refractivity contribution in [3.63, 3.8) is 0 Å². The van der Waals surface area contributed by atoms with Crippen LogP contribution in [0, 0.1) is 6.92 Å². The molecule has 1 heterocycles. The quantitative estimate of drug-likeness (QED) is 0.618. The first-order valence-corrected chi connectivity index (χ1v) is 7.53. The highest BCUT2D eigenvalue weighted by molar-refractivity contribution is 9.11. The van der Waals surface area contributed by atoms with Crippen LogP contribution in [0.3, 0.4) is 0 Å². The van der Waals surface area contributed by atoms with Crippen molar-refractivity contribution in [2.45, 2.75) is 6.92 Å². The van der Waals surface area contributed by atoms with Crippen LogP contribution >= 0.6 is 54.8 Å². The zero-order valence-electron chi connectivity index (χ0n) is 8.76. The number of rotatable bonds is 2. The second-order valence-electron chi connectivity index (χ2n) is 3.50. The minimum atomic E-state index is -0.0156. The molecular weight excluding hydrogens is 387 g/mol. The number of hydrogen-bond donors (Lipinski definition) is 0. The average Bonchev–Trinajstić information content (AvgIpc) is 2.62. The van der Waals surface area contributed by atoms with Crippen LogP contribution in [0.4, 0.5) is 0 Å². The van der Waals surface area contributed by atoms with Gasteiger partial charge in [0, 0.05) is 14.5 Å². The predicted octanol–water partition coefficient (Wildman–Crippen LogP) is 5.47. The lowest BCUT2D eigenvalue weighted by atomic mass is 10.1. The summed E-state index contributed by atoms with van der Waals surface area (Å²) in [4.78, 5) is 12.9. The smallest absolute Gasteiger partial charge is 0.204 e. The fourth-order valence-electron chi connectivity index (χ4n) is 1.41. The molecule has 88 valence electrons. The maximum atomic E-state index is 12.3. The van der Waals surface area contributed by atoms with Crippen LogP contribution in [0.5, 0.6) is 0 Å². The third-order valence-electron chi connectivity index (χ3n) is 2.31. The predicted molar refractivity (Wildman–Crippen MR) is 79.3 cm³/mol. The minimum absolute atomic E-state index is 0.0156. The molecule has 1 aromatic carbocycles. The molecule has 2 rings (SSSR count). The Hall–Kier alpha value is -0.160. The van der Waals surface area contributed by atoms with Crippen molar-refractivity contribution >= 4 is 60.6 Å². The second-order valence-corrected chi connectivity index (χ2v) is 6.80. The Labute approximate surface area is 125 Å². The Kier molecular flexibility index (Phi) is 4.08. The molecule has 0 radical (unpaired) electrons. The fraction of sp³-hybridized carbons (Fsp3) is 0.0833. The number of aryl methyl sites for hydroxylation is 1. The van der Waals surface area contributed by atoms with E-state index >= 15 is 0 Å². The van der Waals surface area contributed by atoms with Crippen molar-refractivity contribution in [1.82, 2.24) is 0 Å². The lowest BCUT2D eigenvalue weighted by Crippen LogP contribution is -2.00. The molecule has 0 unspecified atom stereocenters. The van der Waals surface area contributed by atoms with Gasteiger partial charge >= 0.3 is 0 Å². The summed E-state index contributed by atoms with van der Waals surface area (Å²) in [6.45, 7) is 1.96. The summed E-state index contributed by atoms with van der Waals surface area (Å²) in [5.74, 6) is -0.0156. The third kappa shape index (κ3) is 2.65. The van der Waals surface area contributed by atoms with Gasteiger partial charge in [-0.25, -0.2) is 0 Å². The number of benzene rings is 1. The highest BCUT2D eigenvalue weighted by atomic mass is 79.9. The van der Waals surface area contributed by atoms with Crippen molar-refractivity contribution < 1.29 is 4.79 Å². The highest BCUT2D eigenvalue weighted by Crippen LogP contribution is 2.34. The van der Waals surface area contributed by atoms with E-state index in [2.05, 4.69) is 31.9 Å². The van der Waals surface area contributed by atoms with Gasteiger partial charge in [0.15, 0.2) is 0 Å². The summed E-state index contributed by atoms with van der Waals surface area (Å²) in [5.41, 5.74) is 1.70. The Bertz CT molecular complexity index is 573. The van der Waals surface area contributed by atoms with Crippen LogP contribution in [0.2, 0.25) is 4.34 Å². The summed E-state index contributed by atoms with van der Waals surface area (Å²) < 4.78 is 2.19. The van der Waals surface area contributed by atoms with Crippen LogP contribution in [-0.2, 0) is 0 Å². The first-order chi connectivity index (χ1) is 8.00. The molecule has 1 aromatic heterocycles. The van der Waals surface area contributed by atoms with Gasteiger partial charge in [0.1, 0.15) is 4.34 Å². The molecule has 0 aliphatic carbocycles. The van der Waals surface area contributed by atoms with Gasteiger partial charge in [0.2, 0.25) is 5.78 Å². The Morgan fingerprint density at radius 3 is 2.65 bits per heavy atom. The lowest BCUT2D eigenvalue weighted by molar-refractivity contribution is 0.104. The van der Waals surface area contributed by atoms with Gasteiger partial charge in [-0.3, -0.25) is 4.79 Å². The SMILES string of the molecule is Cc1cccc(C(=O)c2cc(Br)c(Cl)s2)c1Br. The van der Waals surface area contributed by atoms with Gasteiger partial charge in [-0.15, -0.1) is 11.3 Å². The molecule has 0 fully saturated rings. The molecule has 2 aromatic rings. The van der Waals surface area contributed by atoms with Crippen molar-refractivity contribution in [2.75, 3.05) is 0 Å². The van der Waals surface area contributed by atoms with E-state index in [4.69, 9.17) is 11.6 Å². The lowest BCUT2D eigenvalue weighted by Gasteiger charge is -2.04. The van der Waals surface area contributed by atoms with E-state index < -0.39 is 0 Å². The Balaban J connectivity index is 2.47. The number of hydrogen-bond acceptors (Lipinski definition) is 2. The zero-order valence-corrected chi connectivity index (χ0v) is 13.5. The van der Waals surface area contributed by atoms with Crippen molar-refractivity contribution in [3.8, 4) is 0 Å². The molecule has 0 bridgehead atoms. The van der Waals surface area contributed by atoms with Crippen LogP contribution in [-0.4, -0.2) is 5.78 Å². The number of carbonyl (C=O) groups excluding carboxylic acids is 1. The maximum Gasteiger partial charge on any atom is 0.204 e. The molecule has 0 amide bonds. The molecule has 0 N–H and O–H groups in total. The van der Waals surface area contributed by atoms with Crippen LogP contribution in [0.1, 0.15) is 20.8 Å². The fourth-order valence-corrected chi connectivity index (χ4v) is 3.51. The summed E-state index contributed by atoms with van der Waals surface area (Å²) in [7, 11) is 0.